The van der Waals surface area contributed by atoms with Gasteiger partial charge in [0.2, 0.25) is 0 Å². The van der Waals surface area contributed by atoms with Crippen LogP contribution in [0.4, 0.5) is 0 Å². The zero-order valence-electron chi connectivity index (χ0n) is 17.9. The van der Waals surface area contributed by atoms with Gasteiger partial charge >= 0.3 is 11.9 Å². The fourth-order valence-corrected chi connectivity index (χ4v) is 3.84. The van der Waals surface area contributed by atoms with Crippen molar-refractivity contribution in [3.8, 4) is 17.2 Å². The van der Waals surface area contributed by atoms with E-state index in [-0.39, 0.29) is 17.2 Å². The fourth-order valence-electron chi connectivity index (χ4n) is 3.84. The van der Waals surface area contributed by atoms with E-state index in [4.69, 9.17) is 5.11 Å². The molecule has 0 unspecified atom stereocenters. The number of unbranched alkanes of at least 4 members (excludes halogenated alkanes) is 3. The van der Waals surface area contributed by atoms with Crippen molar-refractivity contribution in [2.24, 2.45) is 10.8 Å². The molecular formula is C23H34O7. The Hall–Kier alpha value is -2.44. The van der Waals surface area contributed by atoms with E-state index >= 15 is 0 Å². The number of carbonyl (C=O) groups is 2. The van der Waals surface area contributed by atoms with E-state index in [9.17, 15) is 30.0 Å². The average molecular weight is 423 g/mol. The van der Waals surface area contributed by atoms with Crippen molar-refractivity contribution in [1.82, 2.24) is 0 Å². The third-order valence-electron chi connectivity index (χ3n) is 6.40. The molecule has 5 N–H and O–H groups in total. The summed E-state index contributed by atoms with van der Waals surface area (Å²) < 4.78 is 0. The number of benzene rings is 1. The Morgan fingerprint density at radius 3 is 2.13 bits per heavy atom. The Morgan fingerprint density at radius 1 is 0.933 bits per heavy atom. The van der Waals surface area contributed by atoms with E-state index in [1.165, 1.54) is 6.07 Å². The molecular weight excluding hydrogens is 388 g/mol. The van der Waals surface area contributed by atoms with Crippen LogP contribution in [0.1, 0.15) is 82.8 Å². The number of carboxylic acid groups (broad SMARTS) is 2. The van der Waals surface area contributed by atoms with E-state index in [0.29, 0.717) is 49.7 Å². The smallest absolute Gasteiger partial charge is 0.309 e. The summed E-state index contributed by atoms with van der Waals surface area (Å²) in [5.74, 6) is -2.16. The Labute approximate surface area is 177 Å². The molecule has 30 heavy (non-hydrogen) atoms. The second-order valence-corrected chi connectivity index (χ2v) is 9.27. The molecule has 0 aromatic heterocycles. The first-order chi connectivity index (χ1) is 14.0. The van der Waals surface area contributed by atoms with Gasteiger partial charge in [-0.3, -0.25) is 9.59 Å². The summed E-state index contributed by atoms with van der Waals surface area (Å²) in [7, 11) is 0. The molecule has 2 rings (SSSR count). The Kier molecular flexibility index (Phi) is 7.61. The van der Waals surface area contributed by atoms with Crippen LogP contribution in [0.2, 0.25) is 0 Å². The molecule has 0 bridgehead atoms. The minimum atomic E-state index is -0.827. The van der Waals surface area contributed by atoms with Crippen molar-refractivity contribution in [3.63, 3.8) is 0 Å². The summed E-state index contributed by atoms with van der Waals surface area (Å²) in [6.45, 7) is 3.38. The summed E-state index contributed by atoms with van der Waals surface area (Å²) in [4.78, 5) is 22.4. The van der Waals surface area contributed by atoms with Crippen LogP contribution in [0.5, 0.6) is 17.2 Å². The standard InChI is InChI=1S/C23H34O7/c1-22(2,20(27)28)10-6-3-4-9-16-18(25)15(14-17(24)19(16)26)8-5-7-11-23(12-13-23)21(29)30/h14,24-26H,3-13H2,1-2H3,(H,27,28)(H,29,30). The molecule has 1 aromatic rings. The second kappa shape index (κ2) is 9.58. The lowest BCUT2D eigenvalue weighted by Crippen LogP contribution is -2.23. The molecule has 0 saturated heterocycles. The molecule has 7 heteroatoms. The topological polar surface area (TPSA) is 135 Å². The lowest BCUT2D eigenvalue weighted by atomic mass is 9.87. The van der Waals surface area contributed by atoms with Crippen molar-refractivity contribution in [2.75, 3.05) is 0 Å². The van der Waals surface area contributed by atoms with Crippen LogP contribution in [0.15, 0.2) is 6.07 Å². The lowest BCUT2D eigenvalue weighted by Gasteiger charge is -2.18. The van der Waals surface area contributed by atoms with Gasteiger partial charge in [0.15, 0.2) is 11.5 Å². The van der Waals surface area contributed by atoms with Crippen LogP contribution in [0.25, 0.3) is 0 Å². The number of aromatic hydroxyl groups is 3. The minimum absolute atomic E-state index is 0.0180. The van der Waals surface area contributed by atoms with Gasteiger partial charge in [-0.1, -0.05) is 19.3 Å². The molecule has 0 atom stereocenters. The average Bonchev–Trinajstić information content (AvgIpc) is 3.46. The van der Waals surface area contributed by atoms with Crippen LogP contribution in [-0.4, -0.2) is 37.5 Å². The van der Waals surface area contributed by atoms with Crippen molar-refractivity contribution >= 4 is 11.9 Å². The number of phenols is 3. The van der Waals surface area contributed by atoms with Crippen molar-refractivity contribution < 1.29 is 35.1 Å². The number of hydrogen-bond donors (Lipinski definition) is 5. The third-order valence-corrected chi connectivity index (χ3v) is 6.40. The van der Waals surface area contributed by atoms with Crippen molar-refractivity contribution in [2.45, 2.75) is 84.5 Å². The predicted octanol–water partition coefficient (Wildman–Crippen LogP) is 4.59. The van der Waals surface area contributed by atoms with E-state index < -0.39 is 22.8 Å². The number of aliphatic carboxylic acids is 2. The largest absolute Gasteiger partial charge is 0.507 e. The minimum Gasteiger partial charge on any atom is -0.507 e. The molecule has 7 nitrogen and oxygen atoms in total. The Morgan fingerprint density at radius 2 is 1.57 bits per heavy atom. The quantitative estimate of drug-likeness (QED) is 0.178. The highest BCUT2D eigenvalue weighted by Gasteiger charge is 2.49. The third kappa shape index (κ3) is 5.80. The van der Waals surface area contributed by atoms with Gasteiger partial charge in [0.05, 0.1) is 10.8 Å². The number of carboxylic acids is 2. The van der Waals surface area contributed by atoms with Crippen LogP contribution in [0.3, 0.4) is 0 Å². The summed E-state index contributed by atoms with van der Waals surface area (Å²) >= 11 is 0. The molecule has 0 amide bonds. The summed E-state index contributed by atoms with van der Waals surface area (Å²) in [6.07, 6.45) is 7.03. The zero-order valence-corrected chi connectivity index (χ0v) is 17.9. The first-order valence-corrected chi connectivity index (χ1v) is 10.7. The second-order valence-electron chi connectivity index (χ2n) is 9.27. The highest BCUT2D eigenvalue weighted by atomic mass is 16.4. The van der Waals surface area contributed by atoms with Crippen LogP contribution in [0, 0.1) is 10.8 Å². The number of phenolic OH excluding ortho intramolecular Hbond substituents is 3. The molecule has 168 valence electrons. The van der Waals surface area contributed by atoms with E-state index in [1.807, 2.05) is 0 Å². The summed E-state index contributed by atoms with van der Waals surface area (Å²) in [6, 6.07) is 1.37. The van der Waals surface area contributed by atoms with Gasteiger partial charge in [-0.25, -0.2) is 0 Å². The number of hydrogen-bond acceptors (Lipinski definition) is 5. The number of aryl methyl sites for hydroxylation is 1. The lowest BCUT2D eigenvalue weighted by molar-refractivity contribution is -0.147. The maximum absolute atomic E-state index is 11.2. The van der Waals surface area contributed by atoms with Gasteiger partial charge in [0, 0.05) is 5.56 Å². The van der Waals surface area contributed by atoms with E-state index in [2.05, 4.69) is 0 Å². The number of rotatable bonds is 13. The maximum atomic E-state index is 11.2. The van der Waals surface area contributed by atoms with Crippen molar-refractivity contribution in [3.05, 3.63) is 17.2 Å². The zero-order chi connectivity index (χ0) is 22.5. The SMILES string of the molecule is CC(C)(CCCCCc1c(O)c(O)cc(CCCCC2(C(=O)O)CC2)c1O)C(=O)O. The van der Waals surface area contributed by atoms with Crippen LogP contribution >= 0.6 is 0 Å². The first kappa shape index (κ1) is 23.8. The molecule has 1 saturated carbocycles. The van der Waals surface area contributed by atoms with Gasteiger partial charge in [0.1, 0.15) is 5.75 Å². The summed E-state index contributed by atoms with van der Waals surface area (Å²) in [5, 5.41) is 49.1. The highest BCUT2D eigenvalue weighted by Crippen LogP contribution is 2.50. The predicted molar refractivity (Wildman–Crippen MR) is 112 cm³/mol. The molecule has 1 aliphatic rings. The highest BCUT2D eigenvalue weighted by molar-refractivity contribution is 5.77. The van der Waals surface area contributed by atoms with Crippen LogP contribution in [-0.2, 0) is 22.4 Å². The molecule has 1 aliphatic carbocycles. The summed E-state index contributed by atoms with van der Waals surface area (Å²) in [5.41, 5.74) is -0.471. The van der Waals surface area contributed by atoms with E-state index in [1.54, 1.807) is 13.8 Å². The van der Waals surface area contributed by atoms with Crippen LogP contribution < -0.4 is 0 Å². The molecule has 0 heterocycles. The van der Waals surface area contributed by atoms with E-state index in [0.717, 1.165) is 32.1 Å². The van der Waals surface area contributed by atoms with Gasteiger partial charge in [-0.15, -0.1) is 0 Å². The molecule has 0 spiro atoms. The first-order valence-electron chi connectivity index (χ1n) is 10.7. The maximum Gasteiger partial charge on any atom is 0.309 e. The van der Waals surface area contributed by atoms with Gasteiger partial charge in [0.25, 0.3) is 0 Å². The Bertz CT molecular complexity index is 778. The normalized spacial score (nSPS) is 15.1. The fraction of sp³-hybridized carbons (Fsp3) is 0.652. The van der Waals surface area contributed by atoms with Gasteiger partial charge < -0.3 is 25.5 Å². The molecule has 0 radical (unpaired) electrons. The molecule has 0 aliphatic heterocycles. The monoisotopic (exact) mass is 422 g/mol. The van der Waals surface area contributed by atoms with Crippen molar-refractivity contribution in [1.29, 1.82) is 0 Å². The van der Waals surface area contributed by atoms with Gasteiger partial charge in [-0.2, -0.15) is 0 Å². The molecule has 1 fully saturated rings. The van der Waals surface area contributed by atoms with Gasteiger partial charge in [-0.05, 0) is 76.8 Å². The molecule has 1 aromatic carbocycles. The Balaban J connectivity index is 1.87.